The molecule has 0 aliphatic heterocycles. The normalized spacial score (nSPS) is 12.4. The highest BCUT2D eigenvalue weighted by molar-refractivity contribution is 7.40. The molecule has 1 rings (SSSR count). The van der Waals surface area contributed by atoms with Gasteiger partial charge in [-0.1, -0.05) is 40.0 Å². The molecule has 0 aromatic carbocycles. The lowest BCUT2D eigenvalue weighted by molar-refractivity contribution is 1.53. The summed E-state index contributed by atoms with van der Waals surface area (Å²) >= 11 is 0. The minimum Gasteiger partial charge on any atom is -0.0772 e. The van der Waals surface area contributed by atoms with Crippen LogP contribution in [0.1, 0.15) is 5.56 Å². The molecule has 1 aromatic rings. The lowest BCUT2D eigenvalue weighted by Crippen LogP contribution is -2.35. The minimum absolute atomic E-state index is 1.01. The standard InChI is InChI=1S/C9H15PSi/c1-8-5-6-9(10-7-8)11(2,3)4/h5-7H,1-4H3. The first-order valence-corrected chi connectivity index (χ1v) is 8.39. The maximum absolute atomic E-state index is 2.40. The van der Waals surface area contributed by atoms with E-state index in [1.165, 1.54) is 13.8 Å². The van der Waals surface area contributed by atoms with Crippen LogP contribution in [-0.2, 0) is 0 Å². The van der Waals surface area contributed by atoms with Crippen molar-refractivity contribution in [2.75, 3.05) is 0 Å². The van der Waals surface area contributed by atoms with Crippen LogP contribution in [0.15, 0.2) is 17.9 Å². The van der Waals surface area contributed by atoms with E-state index in [0.717, 1.165) is 0 Å². The zero-order chi connectivity index (χ0) is 8.48. The SMILES string of the molecule is Cc1ccc([Si](C)(C)C)pc1. The van der Waals surface area contributed by atoms with Crippen LogP contribution in [0.2, 0.25) is 19.6 Å². The Bertz CT molecular complexity index is 233. The zero-order valence-electron chi connectivity index (χ0n) is 7.68. The molecule has 1 heterocycles. The summed E-state index contributed by atoms with van der Waals surface area (Å²) < 4.78 is 0. The predicted molar refractivity (Wildman–Crippen MR) is 56.7 cm³/mol. The third-order valence-electron chi connectivity index (χ3n) is 1.68. The van der Waals surface area contributed by atoms with Crippen LogP contribution in [0.25, 0.3) is 0 Å². The van der Waals surface area contributed by atoms with Crippen LogP contribution in [0.3, 0.4) is 0 Å². The molecule has 0 nitrogen and oxygen atoms in total. The van der Waals surface area contributed by atoms with Crippen molar-refractivity contribution >= 4 is 21.2 Å². The molecule has 0 bridgehead atoms. The van der Waals surface area contributed by atoms with E-state index < -0.39 is 8.07 Å². The monoisotopic (exact) mass is 182 g/mol. The fraction of sp³-hybridized carbons (Fsp3) is 0.444. The van der Waals surface area contributed by atoms with Crippen LogP contribution < -0.4 is 4.92 Å². The topological polar surface area (TPSA) is 0 Å². The van der Waals surface area contributed by atoms with Crippen molar-refractivity contribution in [1.82, 2.24) is 0 Å². The zero-order valence-corrected chi connectivity index (χ0v) is 9.57. The summed E-state index contributed by atoms with van der Waals surface area (Å²) in [6.45, 7) is 9.35. The Labute approximate surface area is 71.8 Å². The van der Waals surface area contributed by atoms with E-state index in [4.69, 9.17) is 0 Å². The highest BCUT2D eigenvalue weighted by Crippen LogP contribution is 2.11. The van der Waals surface area contributed by atoms with E-state index >= 15 is 0 Å². The van der Waals surface area contributed by atoms with Gasteiger partial charge in [-0.15, -0.1) is 0 Å². The Morgan fingerprint density at radius 1 is 1.18 bits per heavy atom. The second-order valence-corrected chi connectivity index (χ2v) is 10.4. The quantitative estimate of drug-likeness (QED) is 0.585. The first-order chi connectivity index (χ1) is 5.00. The van der Waals surface area contributed by atoms with Gasteiger partial charge in [-0.05, 0) is 23.2 Å². The van der Waals surface area contributed by atoms with Crippen molar-refractivity contribution in [3.8, 4) is 0 Å². The lowest BCUT2D eigenvalue weighted by Gasteiger charge is -2.15. The second-order valence-electron chi connectivity index (χ2n) is 3.97. The van der Waals surface area contributed by atoms with Crippen molar-refractivity contribution in [1.29, 1.82) is 0 Å². The van der Waals surface area contributed by atoms with Crippen LogP contribution in [-0.4, -0.2) is 8.07 Å². The number of aryl methyl sites for hydroxylation is 1. The van der Waals surface area contributed by atoms with Gasteiger partial charge in [0.2, 0.25) is 0 Å². The summed E-state index contributed by atoms with van der Waals surface area (Å²) in [6, 6.07) is 4.53. The first-order valence-electron chi connectivity index (χ1n) is 3.93. The van der Waals surface area contributed by atoms with Gasteiger partial charge in [-0.3, -0.25) is 0 Å². The van der Waals surface area contributed by atoms with E-state index in [1.807, 2.05) is 0 Å². The van der Waals surface area contributed by atoms with Gasteiger partial charge >= 0.3 is 0 Å². The largest absolute Gasteiger partial charge is 0.0834 e. The van der Waals surface area contributed by atoms with E-state index in [-0.39, 0.29) is 0 Å². The van der Waals surface area contributed by atoms with Crippen molar-refractivity contribution in [3.63, 3.8) is 0 Å². The highest BCUT2D eigenvalue weighted by Gasteiger charge is 2.15. The van der Waals surface area contributed by atoms with E-state index in [0.29, 0.717) is 0 Å². The van der Waals surface area contributed by atoms with E-state index in [1.54, 1.807) is 4.92 Å². The van der Waals surface area contributed by atoms with Gasteiger partial charge in [0.1, 0.15) is 0 Å². The lowest BCUT2D eigenvalue weighted by atomic mass is 10.4. The fourth-order valence-corrected chi connectivity index (χ4v) is 3.83. The summed E-state index contributed by atoms with van der Waals surface area (Å²) in [6.07, 6.45) is 0. The maximum atomic E-state index is 2.40. The molecule has 11 heavy (non-hydrogen) atoms. The van der Waals surface area contributed by atoms with Crippen LogP contribution >= 0.6 is 8.19 Å². The van der Waals surface area contributed by atoms with Gasteiger partial charge in [-0.25, -0.2) is 0 Å². The molecule has 0 spiro atoms. The molecule has 60 valence electrons. The number of hydrogen-bond acceptors (Lipinski definition) is 0. The predicted octanol–water partition coefficient (Wildman–Crippen LogP) is 3.12. The smallest absolute Gasteiger partial charge is 0.0772 e. The molecule has 0 amide bonds. The maximum Gasteiger partial charge on any atom is 0.0834 e. The van der Waals surface area contributed by atoms with Gasteiger partial charge < -0.3 is 0 Å². The number of rotatable bonds is 1. The Morgan fingerprint density at radius 3 is 2.18 bits per heavy atom. The van der Waals surface area contributed by atoms with Crippen molar-refractivity contribution in [3.05, 3.63) is 23.5 Å². The van der Waals surface area contributed by atoms with Gasteiger partial charge in [0.05, 0.1) is 8.07 Å². The summed E-state index contributed by atoms with van der Waals surface area (Å²) in [5, 5.41) is 0. The van der Waals surface area contributed by atoms with E-state index in [9.17, 15) is 0 Å². The minimum atomic E-state index is -1.01. The molecule has 0 aliphatic carbocycles. The Hall–Kier alpha value is -0.133. The van der Waals surface area contributed by atoms with Gasteiger partial charge in [0, 0.05) is 0 Å². The van der Waals surface area contributed by atoms with Crippen molar-refractivity contribution in [2.45, 2.75) is 26.6 Å². The third kappa shape index (κ3) is 2.43. The van der Waals surface area contributed by atoms with Gasteiger partial charge in [0.15, 0.2) is 0 Å². The summed E-state index contributed by atoms with van der Waals surface area (Å²) in [5.74, 6) is 2.30. The molecule has 0 saturated heterocycles. The van der Waals surface area contributed by atoms with Crippen molar-refractivity contribution < 1.29 is 0 Å². The summed E-state index contributed by atoms with van der Waals surface area (Å²) in [4.78, 5) is 1.64. The molecule has 2 heteroatoms. The van der Waals surface area contributed by atoms with Crippen LogP contribution in [0, 0.1) is 6.92 Å². The Morgan fingerprint density at radius 2 is 1.82 bits per heavy atom. The van der Waals surface area contributed by atoms with Gasteiger partial charge in [0.25, 0.3) is 0 Å². The van der Waals surface area contributed by atoms with Crippen molar-refractivity contribution in [2.24, 2.45) is 0 Å². The molecule has 1 aromatic heterocycles. The van der Waals surface area contributed by atoms with Crippen LogP contribution in [0.5, 0.6) is 0 Å². The highest BCUT2D eigenvalue weighted by atomic mass is 31.0. The molecule has 0 fully saturated rings. The number of hydrogen-bond donors (Lipinski definition) is 0. The molecule has 0 atom stereocenters. The fourth-order valence-electron chi connectivity index (χ4n) is 0.911. The first kappa shape index (κ1) is 8.96. The molecule has 0 radical (unpaired) electrons. The van der Waals surface area contributed by atoms with Crippen LogP contribution in [0.4, 0.5) is 0 Å². The summed E-state index contributed by atoms with van der Waals surface area (Å²) in [5.41, 5.74) is 1.40. The average Bonchev–Trinajstić information content (AvgIpc) is 1.86. The molecular formula is C9H15PSi. The molecular weight excluding hydrogens is 167 g/mol. The molecule has 0 saturated carbocycles. The summed E-state index contributed by atoms with van der Waals surface area (Å²) in [7, 11) is 0.418. The molecule has 0 N–H and O–H groups in total. The molecule has 0 aliphatic rings. The third-order valence-corrected chi connectivity index (χ3v) is 6.75. The average molecular weight is 182 g/mol. The van der Waals surface area contributed by atoms with E-state index in [2.05, 4.69) is 44.5 Å². The Kier molecular flexibility index (Phi) is 2.51. The van der Waals surface area contributed by atoms with Gasteiger partial charge in [-0.2, -0.15) is 0 Å². The Balaban J connectivity index is 2.99. The second kappa shape index (κ2) is 3.08. The molecule has 0 unspecified atom stereocenters.